The molecule has 0 aromatic rings. The van der Waals surface area contributed by atoms with Gasteiger partial charge in [0.05, 0.1) is 9.30 Å². The molecule has 1 atom stereocenters. The Balaban J connectivity index is 4.57. The van der Waals surface area contributed by atoms with Crippen molar-refractivity contribution in [3.63, 3.8) is 0 Å². The topological polar surface area (TPSA) is 77.8 Å². The van der Waals surface area contributed by atoms with Gasteiger partial charge in [0.1, 0.15) is 6.61 Å². The predicted molar refractivity (Wildman–Crippen MR) is 70.6 cm³/mol. The van der Waals surface area contributed by atoms with Crippen LogP contribution in [0.5, 0.6) is 0 Å². The van der Waals surface area contributed by atoms with Gasteiger partial charge in [-0.05, 0) is 32.3 Å². The van der Waals surface area contributed by atoms with E-state index in [4.69, 9.17) is 18.3 Å². The molecule has 0 aromatic carbocycles. The van der Waals surface area contributed by atoms with Crippen LogP contribution in [0.3, 0.4) is 0 Å². The summed E-state index contributed by atoms with van der Waals surface area (Å²) in [6.45, 7) is 0.441. The largest absolute Gasteiger partial charge is 0.543 e. The minimum atomic E-state index is -5.04. The Kier molecular flexibility index (Phi) is 6.61. The van der Waals surface area contributed by atoms with Gasteiger partial charge in [-0.25, -0.2) is 0 Å². The van der Waals surface area contributed by atoms with E-state index in [0.717, 1.165) is 6.08 Å². The fourth-order valence-corrected chi connectivity index (χ4v) is 1.26. The smallest absolute Gasteiger partial charge is 0.475 e. The van der Waals surface area contributed by atoms with Crippen molar-refractivity contribution in [1.82, 2.24) is 0 Å². The highest BCUT2D eigenvalue weighted by atomic mass is 19.4. The minimum absolute atomic E-state index is 0.343. The average Bonchev–Trinajstić information content (AvgIpc) is 2.33. The van der Waals surface area contributed by atoms with Crippen molar-refractivity contribution in [2.45, 2.75) is 32.9 Å². The minimum Gasteiger partial charge on any atom is -0.475 e. The number of rotatable bonds is 7. The highest BCUT2D eigenvalue weighted by molar-refractivity contribution is 5.16. The summed E-state index contributed by atoms with van der Waals surface area (Å²) in [4.78, 5) is 1.95. The summed E-state index contributed by atoms with van der Waals surface area (Å²) in [6, 6.07) is 0. The second-order valence-electron chi connectivity index (χ2n) is 4.25. The lowest BCUT2D eigenvalue weighted by molar-refractivity contribution is -0.0968. The van der Waals surface area contributed by atoms with Gasteiger partial charge in [0, 0.05) is 0 Å². The molecule has 0 saturated heterocycles. The number of alkyl halides is 3. The first-order valence-corrected chi connectivity index (χ1v) is 5.91. The lowest BCUT2D eigenvalue weighted by atomic mass is 10.1. The molecule has 118 valence electrons. The molecule has 8 heteroatoms. The number of halogens is 3. The summed E-state index contributed by atoms with van der Waals surface area (Å²) < 4.78 is 55.3. The normalized spacial score (nSPS) is 18.9. The average molecular weight is 310 g/mol. The van der Waals surface area contributed by atoms with Crippen molar-refractivity contribution in [1.29, 1.82) is 5.39 Å². The molecule has 0 spiro atoms. The molecular formula is C13H18F3N2O3+. The number of hydrogen-bond acceptors (Lipinski definition) is 4. The summed E-state index contributed by atoms with van der Waals surface area (Å²) in [5.41, 5.74) is -0.811. The van der Waals surface area contributed by atoms with Gasteiger partial charge in [0.15, 0.2) is 4.98 Å². The molecule has 0 aromatic heterocycles. The van der Waals surface area contributed by atoms with Crippen LogP contribution in [0.4, 0.5) is 13.2 Å². The third-order valence-electron chi connectivity index (χ3n) is 2.35. The van der Waals surface area contributed by atoms with E-state index in [9.17, 15) is 13.2 Å². The van der Waals surface area contributed by atoms with E-state index in [1.807, 2.05) is 4.98 Å². The van der Waals surface area contributed by atoms with E-state index >= 15 is 0 Å². The number of hydrogen-bond donors (Lipinski definition) is 2. The molecule has 0 amide bonds. The summed E-state index contributed by atoms with van der Waals surface area (Å²) >= 11 is 0. The zero-order chi connectivity index (χ0) is 18.3. The molecule has 1 unspecified atom stereocenters. The molecule has 0 radical (unpaired) electrons. The molecular weight excluding hydrogens is 289 g/mol. The number of aliphatic hydroxyl groups excluding tert-OH is 1. The van der Waals surface area contributed by atoms with Gasteiger partial charge in [0.25, 0.3) is 0 Å². The summed E-state index contributed by atoms with van der Waals surface area (Å²) in [5.74, 6) is -1.53. The van der Waals surface area contributed by atoms with Crippen LogP contribution in [-0.2, 0) is 4.74 Å². The van der Waals surface area contributed by atoms with Gasteiger partial charge in [-0.15, -0.1) is 0 Å². The Morgan fingerprint density at radius 2 is 2.05 bits per heavy atom. The van der Waals surface area contributed by atoms with Crippen molar-refractivity contribution in [2.75, 3.05) is 13.2 Å². The second kappa shape index (κ2) is 9.02. The summed E-state index contributed by atoms with van der Waals surface area (Å²) in [6.07, 6.45) is -1.49. The van der Waals surface area contributed by atoms with E-state index in [0.29, 0.717) is 24.0 Å². The molecule has 0 rings (SSSR count). The third-order valence-corrected chi connectivity index (χ3v) is 2.35. The molecule has 21 heavy (non-hydrogen) atoms. The van der Waals surface area contributed by atoms with Gasteiger partial charge in [0.2, 0.25) is 5.39 Å². The van der Waals surface area contributed by atoms with Gasteiger partial charge < -0.3 is 14.9 Å². The van der Waals surface area contributed by atoms with Gasteiger partial charge in [-0.3, -0.25) is 0 Å². The van der Waals surface area contributed by atoms with Crippen LogP contribution < -0.4 is 0 Å². The molecule has 0 fully saturated rings. The van der Waals surface area contributed by atoms with Crippen LogP contribution in [0.25, 0.3) is 4.98 Å². The molecule has 0 bridgehead atoms. The molecule has 0 saturated carbocycles. The Labute approximate surface area is 123 Å². The Bertz CT molecular complexity index is 544. The fourth-order valence-electron chi connectivity index (χ4n) is 1.26. The SMILES string of the molecule is [2H]C([3H])(O)/C=C(\C)CC/C=C(\C)CO/C(O)=C(\[N+]#N)C(F)(F)F. The Morgan fingerprint density at radius 1 is 1.43 bits per heavy atom. The molecule has 0 heterocycles. The fraction of sp³-hybridized carbons (Fsp3) is 0.538. The number of ether oxygens (including phenoxy) is 1. The Hall–Kier alpha value is -2.01. The van der Waals surface area contributed by atoms with Crippen molar-refractivity contribution in [3.8, 4) is 0 Å². The molecule has 2 N–H and O–H groups in total. The maximum atomic E-state index is 12.3. The standard InChI is InChI=1S/C13H17F3N2O3/c1-9(6-7-19)4-3-5-10(2)8-21-12(20)11(18-17)13(14,15)16/h5-6,19H,3-4,7-8H2,1-2H3/p+1/b9-6+,10-5+,12-11-/i7TD. The van der Waals surface area contributed by atoms with Crippen molar-refractivity contribution in [2.24, 2.45) is 0 Å². The van der Waals surface area contributed by atoms with Gasteiger partial charge in [-0.2, -0.15) is 13.2 Å². The number of nitrogens with zero attached hydrogens (tertiary/aromatic N) is 2. The van der Waals surface area contributed by atoms with Crippen molar-refractivity contribution >= 4 is 0 Å². The zero-order valence-corrected chi connectivity index (χ0v) is 11.6. The summed E-state index contributed by atoms with van der Waals surface area (Å²) in [5, 5.41) is 26.3. The first-order chi connectivity index (χ1) is 10.4. The summed E-state index contributed by atoms with van der Waals surface area (Å²) in [7, 11) is 0. The number of diazo groups is 1. The lowest BCUT2D eigenvalue weighted by Gasteiger charge is -2.05. The Morgan fingerprint density at radius 3 is 2.52 bits per heavy atom. The molecule has 5 nitrogen and oxygen atoms in total. The van der Waals surface area contributed by atoms with Crippen LogP contribution in [0, 0.1) is 5.39 Å². The van der Waals surface area contributed by atoms with E-state index in [1.165, 1.54) is 0 Å². The highest BCUT2D eigenvalue weighted by Gasteiger charge is 2.51. The van der Waals surface area contributed by atoms with Crippen LogP contribution in [-0.4, -0.2) is 29.6 Å². The zero-order valence-electron chi connectivity index (χ0n) is 13.6. The maximum absolute atomic E-state index is 12.3. The van der Waals surface area contributed by atoms with Gasteiger partial charge in [-0.1, -0.05) is 17.7 Å². The molecule has 0 aliphatic heterocycles. The van der Waals surface area contributed by atoms with Crippen LogP contribution >= 0.6 is 0 Å². The van der Waals surface area contributed by atoms with Crippen LogP contribution in [0.1, 0.15) is 29.4 Å². The van der Waals surface area contributed by atoms with Crippen molar-refractivity contribution < 1.29 is 30.9 Å². The van der Waals surface area contributed by atoms with Crippen LogP contribution in [0.15, 0.2) is 34.9 Å². The van der Waals surface area contributed by atoms with E-state index in [2.05, 4.69) is 4.74 Å². The van der Waals surface area contributed by atoms with Crippen molar-refractivity contribution in [3.05, 3.63) is 39.9 Å². The monoisotopic (exact) mass is 310 g/mol. The van der Waals surface area contributed by atoms with E-state index in [-0.39, 0.29) is 6.61 Å². The molecule has 0 aliphatic carbocycles. The number of allylic oxidation sites excluding steroid dienone is 3. The lowest BCUT2D eigenvalue weighted by Crippen LogP contribution is -2.13. The predicted octanol–water partition coefficient (Wildman–Crippen LogP) is 3.81. The third kappa shape index (κ3) is 7.99. The molecule has 0 aliphatic rings. The highest BCUT2D eigenvalue weighted by Crippen LogP contribution is 2.28. The van der Waals surface area contributed by atoms with E-state index in [1.54, 1.807) is 19.9 Å². The maximum Gasteiger partial charge on any atom is 0.543 e. The number of aliphatic hydroxyl groups is 2. The quantitative estimate of drug-likeness (QED) is 0.426. The van der Waals surface area contributed by atoms with E-state index < -0.39 is 24.4 Å². The first kappa shape index (κ1) is 15.4. The second-order valence-corrected chi connectivity index (χ2v) is 4.25. The van der Waals surface area contributed by atoms with Crippen LogP contribution in [0.2, 0.25) is 0 Å². The van der Waals surface area contributed by atoms with Gasteiger partial charge >= 0.3 is 17.8 Å². The first-order valence-electron chi connectivity index (χ1n) is 6.91.